The third kappa shape index (κ3) is 5.15. The lowest BCUT2D eigenvalue weighted by molar-refractivity contribution is 0.0600. The molecule has 0 bridgehead atoms. The zero-order valence-corrected chi connectivity index (χ0v) is 17.8. The van der Waals surface area contributed by atoms with Crippen LogP contribution < -0.4 is 10.2 Å². The van der Waals surface area contributed by atoms with Crippen LogP contribution in [0.4, 0.5) is 5.69 Å². The first-order valence-corrected chi connectivity index (χ1v) is 11.7. The van der Waals surface area contributed by atoms with Crippen LogP contribution in [0.5, 0.6) is 5.75 Å². The zero-order chi connectivity index (χ0) is 20.2. The van der Waals surface area contributed by atoms with Crippen molar-refractivity contribution in [2.24, 2.45) is 0 Å². The fourth-order valence-electron chi connectivity index (χ4n) is 2.10. The maximum atomic E-state index is 11.7. The summed E-state index contributed by atoms with van der Waals surface area (Å²) in [5.74, 6) is 6.55. The molecule has 0 saturated carbocycles. The summed E-state index contributed by atoms with van der Waals surface area (Å²) in [5.41, 5.74) is 8.35. The van der Waals surface area contributed by atoms with Gasteiger partial charge in [0.05, 0.1) is 12.7 Å². The molecule has 0 atom stereocenters. The van der Waals surface area contributed by atoms with Crippen molar-refractivity contribution in [3.05, 3.63) is 59.2 Å². The Balaban J connectivity index is 2.20. The first-order chi connectivity index (χ1) is 12.5. The van der Waals surface area contributed by atoms with Crippen LogP contribution in [-0.2, 0) is 4.74 Å². The Bertz CT molecular complexity index is 884. The molecule has 142 valence electrons. The van der Waals surface area contributed by atoms with Crippen LogP contribution in [0.15, 0.2) is 42.5 Å². The lowest BCUT2D eigenvalue weighted by atomic mass is 10.1. The molecule has 0 radical (unpaired) electrons. The molecule has 4 nitrogen and oxygen atoms in total. The quantitative estimate of drug-likeness (QED) is 0.358. The summed E-state index contributed by atoms with van der Waals surface area (Å²) in [4.78, 5) is 11.7. The van der Waals surface area contributed by atoms with E-state index in [0.29, 0.717) is 16.8 Å². The fraction of sp³-hybridized carbons (Fsp3) is 0.318. The minimum atomic E-state index is -1.86. The van der Waals surface area contributed by atoms with Crippen LogP contribution in [0.2, 0.25) is 18.1 Å². The molecule has 2 N–H and O–H groups in total. The number of ether oxygens (including phenoxy) is 1. The number of nitrogens with two attached hydrogens (primary N) is 1. The molecular weight excluding hydrogens is 354 g/mol. The molecule has 0 aromatic heterocycles. The normalized spacial score (nSPS) is 11.3. The van der Waals surface area contributed by atoms with Gasteiger partial charge in [0, 0.05) is 16.8 Å². The minimum absolute atomic E-state index is 0.146. The summed E-state index contributed by atoms with van der Waals surface area (Å²) in [5, 5.41) is 0.146. The number of anilines is 1. The van der Waals surface area contributed by atoms with Crippen molar-refractivity contribution >= 4 is 20.0 Å². The number of esters is 1. The maximum absolute atomic E-state index is 11.7. The SMILES string of the molecule is COC(=O)c1ccc(N)c(C#Cc2ccc(O[Si](C)(C)C(C)(C)C)cc2)c1. The van der Waals surface area contributed by atoms with E-state index in [4.69, 9.17) is 14.9 Å². The summed E-state index contributed by atoms with van der Waals surface area (Å²) >= 11 is 0. The molecule has 0 aliphatic heterocycles. The number of carbonyl (C=O) groups excluding carboxylic acids is 1. The second-order valence-corrected chi connectivity index (χ2v) is 12.7. The molecule has 0 heterocycles. The molecule has 27 heavy (non-hydrogen) atoms. The summed E-state index contributed by atoms with van der Waals surface area (Å²) < 4.78 is 11.0. The highest BCUT2D eigenvalue weighted by molar-refractivity contribution is 6.74. The fourth-order valence-corrected chi connectivity index (χ4v) is 3.13. The second-order valence-electron chi connectivity index (χ2n) is 7.93. The Hall–Kier alpha value is -2.71. The van der Waals surface area contributed by atoms with E-state index in [-0.39, 0.29) is 5.04 Å². The zero-order valence-electron chi connectivity index (χ0n) is 16.8. The lowest BCUT2D eigenvalue weighted by Gasteiger charge is -2.36. The highest BCUT2D eigenvalue weighted by Gasteiger charge is 2.38. The van der Waals surface area contributed by atoms with Gasteiger partial charge in [-0.2, -0.15) is 0 Å². The molecule has 0 spiro atoms. The Morgan fingerprint density at radius 3 is 2.22 bits per heavy atom. The number of benzene rings is 2. The van der Waals surface area contributed by atoms with Crippen LogP contribution in [0.1, 0.15) is 42.3 Å². The molecule has 0 fully saturated rings. The molecule has 0 saturated heterocycles. The van der Waals surface area contributed by atoms with E-state index in [9.17, 15) is 4.79 Å². The van der Waals surface area contributed by atoms with Crippen LogP contribution >= 0.6 is 0 Å². The highest BCUT2D eigenvalue weighted by Crippen LogP contribution is 2.37. The molecule has 5 heteroatoms. The van der Waals surface area contributed by atoms with E-state index in [1.807, 2.05) is 24.3 Å². The maximum Gasteiger partial charge on any atom is 0.337 e. The molecule has 0 aliphatic rings. The van der Waals surface area contributed by atoms with Crippen molar-refractivity contribution in [1.29, 1.82) is 0 Å². The van der Waals surface area contributed by atoms with Gasteiger partial charge in [0.2, 0.25) is 8.32 Å². The summed E-state index contributed by atoms with van der Waals surface area (Å²) in [7, 11) is -0.514. The number of hydrogen-bond acceptors (Lipinski definition) is 4. The lowest BCUT2D eigenvalue weighted by Crippen LogP contribution is -2.43. The van der Waals surface area contributed by atoms with Gasteiger partial charge in [0.1, 0.15) is 5.75 Å². The van der Waals surface area contributed by atoms with E-state index < -0.39 is 14.3 Å². The number of carbonyl (C=O) groups is 1. The van der Waals surface area contributed by atoms with Gasteiger partial charge in [-0.15, -0.1) is 0 Å². The average molecular weight is 382 g/mol. The Morgan fingerprint density at radius 1 is 1.04 bits per heavy atom. The number of nitrogen functional groups attached to an aromatic ring is 1. The van der Waals surface area contributed by atoms with Crippen LogP contribution in [0.25, 0.3) is 0 Å². The number of methoxy groups -OCH3 is 1. The highest BCUT2D eigenvalue weighted by atomic mass is 28.4. The van der Waals surface area contributed by atoms with Gasteiger partial charge < -0.3 is 14.9 Å². The van der Waals surface area contributed by atoms with Gasteiger partial charge in [0.15, 0.2) is 0 Å². The van der Waals surface area contributed by atoms with Crippen molar-refractivity contribution < 1.29 is 14.0 Å². The van der Waals surface area contributed by atoms with Crippen molar-refractivity contribution in [1.82, 2.24) is 0 Å². The summed E-state index contributed by atoms with van der Waals surface area (Å²) in [6.07, 6.45) is 0. The third-order valence-corrected chi connectivity index (χ3v) is 9.21. The van der Waals surface area contributed by atoms with Gasteiger partial charge in [-0.05, 0) is 60.6 Å². The molecule has 0 amide bonds. The third-order valence-electron chi connectivity index (χ3n) is 4.85. The topological polar surface area (TPSA) is 61.5 Å². The Morgan fingerprint density at radius 2 is 1.67 bits per heavy atom. The van der Waals surface area contributed by atoms with Gasteiger partial charge in [-0.1, -0.05) is 32.6 Å². The van der Waals surface area contributed by atoms with Gasteiger partial charge >= 0.3 is 5.97 Å². The predicted octanol–water partition coefficient (Wildman–Crippen LogP) is 4.84. The average Bonchev–Trinajstić information content (AvgIpc) is 2.60. The Kier molecular flexibility index (Phi) is 6.02. The van der Waals surface area contributed by atoms with Crippen molar-refractivity contribution in [3.8, 4) is 17.6 Å². The Labute approximate surface area is 162 Å². The van der Waals surface area contributed by atoms with Gasteiger partial charge in [-0.25, -0.2) is 4.79 Å². The van der Waals surface area contributed by atoms with Gasteiger partial charge in [0.25, 0.3) is 0 Å². The van der Waals surface area contributed by atoms with Crippen molar-refractivity contribution in [3.63, 3.8) is 0 Å². The molecule has 2 rings (SSSR count). The summed E-state index contributed by atoms with van der Waals surface area (Å²) in [6.45, 7) is 11.1. The van der Waals surface area contributed by atoms with E-state index in [1.54, 1.807) is 18.2 Å². The van der Waals surface area contributed by atoms with E-state index in [1.165, 1.54) is 7.11 Å². The molecule has 2 aromatic rings. The van der Waals surface area contributed by atoms with E-state index in [2.05, 4.69) is 45.7 Å². The van der Waals surface area contributed by atoms with E-state index in [0.717, 1.165) is 11.3 Å². The first kappa shape index (κ1) is 20.6. The number of rotatable bonds is 3. The smallest absolute Gasteiger partial charge is 0.337 e. The monoisotopic (exact) mass is 381 g/mol. The summed E-state index contributed by atoms with van der Waals surface area (Å²) in [6, 6.07) is 12.7. The standard InChI is InChI=1S/C22H27NO3Si/c1-22(2,3)27(5,6)26-19-12-8-16(9-13-19)7-10-17-15-18(21(24)25-4)11-14-20(17)23/h8-9,11-15H,23H2,1-6H3. The van der Waals surface area contributed by atoms with Crippen LogP contribution in [0, 0.1) is 11.8 Å². The molecular formula is C22H27NO3Si. The van der Waals surface area contributed by atoms with Crippen LogP contribution in [0.3, 0.4) is 0 Å². The van der Waals surface area contributed by atoms with E-state index >= 15 is 0 Å². The minimum Gasteiger partial charge on any atom is -0.544 e. The van der Waals surface area contributed by atoms with Gasteiger partial charge in [-0.3, -0.25) is 0 Å². The van der Waals surface area contributed by atoms with Crippen molar-refractivity contribution in [2.75, 3.05) is 12.8 Å². The first-order valence-electron chi connectivity index (χ1n) is 8.82. The number of hydrogen-bond donors (Lipinski definition) is 1. The molecule has 0 aliphatic carbocycles. The van der Waals surface area contributed by atoms with Crippen molar-refractivity contribution in [2.45, 2.75) is 38.9 Å². The molecule has 0 unspecified atom stereocenters. The second kappa shape index (κ2) is 7.89. The largest absolute Gasteiger partial charge is 0.544 e. The molecule has 2 aromatic carbocycles. The van der Waals surface area contributed by atoms with Crippen LogP contribution in [-0.4, -0.2) is 21.4 Å². The predicted molar refractivity (Wildman–Crippen MR) is 112 cm³/mol.